The zero-order chi connectivity index (χ0) is 13.0. The van der Waals surface area contributed by atoms with Gasteiger partial charge in [-0.3, -0.25) is 9.80 Å². The van der Waals surface area contributed by atoms with E-state index in [2.05, 4.69) is 23.6 Å². The Morgan fingerprint density at radius 3 is 2.44 bits per heavy atom. The summed E-state index contributed by atoms with van der Waals surface area (Å²) in [7, 11) is 0. The minimum Gasteiger partial charge on any atom is -0.379 e. The first-order valence-electron chi connectivity index (χ1n) is 7.50. The van der Waals surface area contributed by atoms with Gasteiger partial charge in [0.25, 0.3) is 0 Å². The Kier molecular flexibility index (Phi) is 5.01. The average molecular weight is 255 g/mol. The van der Waals surface area contributed by atoms with Crippen LogP contribution in [0.25, 0.3) is 0 Å². The zero-order valence-electron chi connectivity index (χ0n) is 12.0. The quantitative estimate of drug-likeness (QED) is 0.793. The Labute approximate surface area is 111 Å². The largest absolute Gasteiger partial charge is 0.379 e. The van der Waals surface area contributed by atoms with Crippen LogP contribution in [-0.2, 0) is 4.74 Å². The molecule has 0 radical (unpaired) electrons. The molecule has 0 aromatic carbocycles. The fraction of sp³-hybridized carbons (Fsp3) is 1.00. The lowest BCUT2D eigenvalue weighted by atomic mass is 9.94. The third-order valence-electron chi connectivity index (χ3n) is 4.76. The summed E-state index contributed by atoms with van der Waals surface area (Å²) in [4.78, 5) is 5.16. The molecule has 0 amide bonds. The summed E-state index contributed by atoms with van der Waals surface area (Å²) in [6, 6.07) is 0.729. The van der Waals surface area contributed by atoms with Gasteiger partial charge in [-0.05, 0) is 25.8 Å². The molecule has 0 bridgehead atoms. The lowest BCUT2D eigenvalue weighted by molar-refractivity contribution is 0.0181. The number of likely N-dealkylation sites (tertiary alicyclic amines) is 1. The van der Waals surface area contributed by atoms with E-state index < -0.39 is 0 Å². The molecule has 1 unspecified atom stereocenters. The Balaban J connectivity index is 1.80. The van der Waals surface area contributed by atoms with Crippen molar-refractivity contribution in [3.63, 3.8) is 0 Å². The van der Waals surface area contributed by atoms with Crippen LogP contribution in [0, 0.1) is 0 Å². The van der Waals surface area contributed by atoms with Gasteiger partial charge < -0.3 is 10.5 Å². The molecule has 2 heterocycles. The van der Waals surface area contributed by atoms with E-state index >= 15 is 0 Å². The monoisotopic (exact) mass is 255 g/mol. The molecule has 0 saturated carbocycles. The second-order valence-electron chi connectivity index (χ2n) is 5.90. The molecule has 106 valence electrons. The topological polar surface area (TPSA) is 41.7 Å². The van der Waals surface area contributed by atoms with Gasteiger partial charge in [0.1, 0.15) is 0 Å². The van der Waals surface area contributed by atoms with E-state index in [1.165, 1.54) is 19.5 Å². The van der Waals surface area contributed by atoms with Crippen molar-refractivity contribution in [2.75, 3.05) is 45.9 Å². The molecule has 2 fully saturated rings. The van der Waals surface area contributed by atoms with Gasteiger partial charge in [-0.2, -0.15) is 0 Å². The van der Waals surface area contributed by atoms with Crippen molar-refractivity contribution < 1.29 is 4.74 Å². The van der Waals surface area contributed by atoms with Gasteiger partial charge in [-0.15, -0.1) is 0 Å². The van der Waals surface area contributed by atoms with Gasteiger partial charge >= 0.3 is 0 Å². The Bertz CT molecular complexity index is 249. The maximum atomic E-state index is 6.43. The van der Waals surface area contributed by atoms with E-state index in [0.717, 1.165) is 51.7 Å². The van der Waals surface area contributed by atoms with Crippen molar-refractivity contribution in [3.8, 4) is 0 Å². The van der Waals surface area contributed by atoms with Gasteiger partial charge in [0.15, 0.2) is 0 Å². The summed E-state index contributed by atoms with van der Waals surface area (Å²) >= 11 is 0. The lowest BCUT2D eigenvalue weighted by Gasteiger charge is -2.34. The van der Waals surface area contributed by atoms with Crippen LogP contribution < -0.4 is 5.73 Å². The van der Waals surface area contributed by atoms with E-state index in [-0.39, 0.29) is 5.54 Å². The Hall–Kier alpha value is -0.160. The molecule has 0 aromatic heterocycles. The highest BCUT2D eigenvalue weighted by Gasteiger charge is 2.32. The molecule has 2 N–H and O–H groups in total. The standard InChI is InChI=1S/C14H29N3O/c1-3-14(15,4-2)12-16-6-5-13(11-16)17-7-9-18-10-8-17/h13H,3-12,15H2,1-2H3. The molecule has 2 aliphatic rings. The SMILES string of the molecule is CCC(N)(CC)CN1CCC(N2CCOCC2)C1. The fourth-order valence-corrected chi connectivity index (χ4v) is 3.12. The van der Waals surface area contributed by atoms with Crippen LogP contribution in [0.3, 0.4) is 0 Å². The van der Waals surface area contributed by atoms with Crippen molar-refractivity contribution in [1.29, 1.82) is 0 Å². The Morgan fingerprint density at radius 1 is 1.17 bits per heavy atom. The average Bonchev–Trinajstić information content (AvgIpc) is 2.88. The van der Waals surface area contributed by atoms with Crippen molar-refractivity contribution in [3.05, 3.63) is 0 Å². The lowest BCUT2D eigenvalue weighted by Crippen LogP contribution is -2.50. The molecule has 2 aliphatic heterocycles. The highest BCUT2D eigenvalue weighted by Crippen LogP contribution is 2.21. The number of hydrogen-bond donors (Lipinski definition) is 1. The van der Waals surface area contributed by atoms with Crippen LogP contribution in [0.2, 0.25) is 0 Å². The maximum absolute atomic E-state index is 6.43. The van der Waals surface area contributed by atoms with Crippen LogP contribution in [0.15, 0.2) is 0 Å². The smallest absolute Gasteiger partial charge is 0.0594 e. The molecule has 1 atom stereocenters. The zero-order valence-corrected chi connectivity index (χ0v) is 12.0. The fourth-order valence-electron chi connectivity index (χ4n) is 3.12. The van der Waals surface area contributed by atoms with E-state index in [0.29, 0.717) is 0 Å². The van der Waals surface area contributed by atoms with Crippen LogP contribution in [0.5, 0.6) is 0 Å². The number of nitrogens with two attached hydrogens (primary N) is 1. The van der Waals surface area contributed by atoms with E-state index in [9.17, 15) is 0 Å². The molecule has 2 rings (SSSR count). The number of hydrogen-bond acceptors (Lipinski definition) is 4. The van der Waals surface area contributed by atoms with E-state index in [1.54, 1.807) is 0 Å². The normalized spacial score (nSPS) is 27.8. The van der Waals surface area contributed by atoms with Gasteiger partial charge in [-0.25, -0.2) is 0 Å². The summed E-state index contributed by atoms with van der Waals surface area (Å²) in [5.74, 6) is 0. The van der Waals surface area contributed by atoms with Crippen molar-refractivity contribution in [2.45, 2.75) is 44.7 Å². The van der Waals surface area contributed by atoms with Crippen molar-refractivity contribution in [1.82, 2.24) is 9.80 Å². The summed E-state index contributed by atoms with van der Waals surface area (Å²) < 4.78 is 5.43. The summed E-state index contributed by atoms with van der Waals surface area (Å²) in [6.07, 6.45) is 3.44. The van der Waals surface area contributed by atoms with E-state index in [4.69, 9.17) is 10.5 Å². The minimum atomic E-state index is 0.0138. The van der Waals surface area contributed by atoms with Crippen LogP contribution in [-0.4, -0.2) is 67.3 Å². The highest BCUT2D eigenvalue weighted by atomic mass is 16.5. The van der Waals surface area contributed by atoms with Crippen LogP contribution in [0.4, 0.5) is 0 Å². The van der Waals surface area contributed by atoms with Crippen LogP contribution >= 0.6 is 0 Å². The van der Waals surface area contributed by atoms with Gasteiger partial charge in [0.05, 0.1) is 13.2 Å². The predicted molar refractivity (Wildman–Crippen MR) is 74.7 cm³/mol. The van der Waals surface area contributed by atoms with Crippen molar-refractivity contribution >= 4 is 0 Å². The maximum Gasteiger partial charge on any atom is 0.0594 e. The van der Waals surface area contributed by atoms with Gasteiger partial charge in [0, 0.05) is 37.8 Å². The molecule has 4 heteroatoms. The second-order valence-corrected chi connectivity index (χ2v) is 5.90. The number of rotatable bonds is 5. The third-order valence-corrected chi connectivity index (χ3v) is 4.76. The Morgan fingerprint density at radius 2 is 1.83 bits per heavy atom. The first-order chi connectivity index (χ1) is 8.67. The molecule has 0 spiro atoms. The molecule has 0 aromatic rings. The molecule has 2 saturated heterocycles. The third kappa shape index (κ3) is 3.44. The highest BCUT2D eigenvalue weighted by molar-refractivity contribution is 4.91. The van der Waals surface area contributed by atoms with Crippen molar-refractivity contribution in [2.24, 2.45) is 5.73 Å². The first-order valence-corrected chi connectivity index (χ1v) is 7.50. The summed E-state index contributed by atoms with van der Waals surface area (Å²) in [6.45, 7) is 11.9. The number of morpholine rings is 1. The predicted octanol–water partition coefficient (Wildman–Crippen LogP) is 0.910. The second kappa shape index (κ2) is 6.33. The molecular formula is C14H29N3O. The van der Waals surface area contributed by atoms with Gasteiger partial charge in [0.2, 0.25) is 0 Å². The van der Waals surface area contributed by atoms with Crippen LogP contribution in [0.1, 0.15) is 33.1 Å². The molecular weight excluding hydrogens is 226 g/mol. The molecule has 4 nitrogen and oxygen atoms in total. The first kappa shape index (κ1) is 14.3. The summed E-state index contributed by atoms with van der Waals surface area (Å²) in [5.41, 5.74) is 6.44. The van der Waals surface area contributed by atoms with Gasteiger partial charge in [-0.1, -0.05) is 13.8 Å². The minimum absolute atomic E-state index is 0.0138. The van der Waals surface area contributed by atoms with E-state index in [1.807, 2.05) is 0 Å². The number of nitrogens with zero attached hydrogens (tertiary/aromatic N) is 2. The molecule has 0 aliphatic carbocycles. The summed E-state index contributed by atoms with van der Waals surface area (Å²) in [5, 5.41) is 0. The number of ether oxygens (including phenoxy) is 1. The molecule has 18 heavy (non-hydrogen) atoms.